The summed E-state index contributed by atoms with van der Waals surface area (Å²) in [6, 6.07) is 13.8. The van der Waals surface area contributed by atoms with Crippen molar-refractivity contribution in [3.63, 3.8) is 0 Å². The third kappa shape index (κ3) is 2.97. The number of benzene rings is 2. The van der Waals surface area contributed by atoms with Gasteiger partial charge in [-0.25, -0.2) is 4.39 Å². The van der Waals surface area contributed by atoms with Gasteiger partial charge in [0, 0.05) is 11.1 Å². The van der Waals surface area contributed by atoms with E-state index in [1.54, 1.807) is 6.07 Å². The summed E-state index contributed by atoms with van der Waals surface area (Å²) in [4.78, 5) is 0. The number of rotatable bonds is 4. The molecule has 0 amide bonds. The number of hydrogen-bond acceptors (Lipinski definition) is 1. The normalized spacial score (nSPS) is 20.5. The topological polar surface area (TPSA) is 12.0 Å². The van der Waals surface area contributed by atoms with E-state index in [0.29, 0.717) is 17.0 Å². The van der Waals surface area contributed by atoms with Crippen LogP contribution in [0.5, 0.6) is 0 Å². The quantitative estimate of drug-likeness (QED) is 0.874. The molecular weight excluding hydrogens is 285 g/mol. The molecule has 0 fully saturated rings. The molecule has 0 aliphatic heterocycles. The Bertz CT molecular complexity index is 641. The van der Waals surface area contributed by atoms with E-state index in [0.717, 1.165) is 24.9 Å². The van der Waals surface area contributed by atoms with Gasteiger partial charge in [-0.3, -0.25) is 0 Å². The molecule has 2 aromatic rings. The maximum Gasteiger partial charge on any atom is 0.127 e. The van der Waals surface area contributed by atoms with Crippen LogP contribution in [0.4, 0.5) is 4.39 Å². The Kier molecular flexibility index (Phi) is 4.27. The molecule has 0 spiro atoms. The third-order valence-electron chi connectivity index (χ3n) is 4.26. The average molecular weight is 304 g/mol. The van der Waals surface area contributed by atoms with Crippen LogP contribution in [-0.2, 0) is 12.8 Å². The Balaban J connectivity index is 1.85. The Labute approximate surface area is 130 Å². The van der Waals surface area contributed by atoms with Crippen molar-refractivity contribution in [2.24, 2.45) is 5.92 Å². The van der Waals surface area contributed by atoms with Crippen molar-refractivity contribution in [2.75, 3.05) is 6.54 Å². The lowest BCUT2D eigenvalue weighted by atomic mass is 9.92. The van der Waals surface area contributed by atoms with Gasteiger partial charge in [0.25, 0.3) is 0 Å². The van der Waals surface area contributed by atoms with Crippen LogP contribution >= 0.6 is 11.6 Å². The van der Waals surface area contributed by atoms with Crippen molar-refractivity contribution in [3.05, 3.63) is 70.0 Å². The van der Waals surface area contributed by atoms with Crippen LogP contribution < -0.4 is 5.32 Å². The van der Waals surface area contributed by atoms with Gasteiger partial charge >= 0.3 is 0 Å². The van der Waals surface area contributed by atoms with Crippen molar-refractivity contribution in [3.8, 4) is 0 Å². The summed E-state index contributed by atoms with van der Waals surface area (Å²) in [6.07, 6.45) is 1.73. The minimum atomic E-state index is -0.200. The molecule has 110 valence electrons. The molecule has 0 heterocycles. The predicted octanol–water partition coefficient (Wildman–Crippen LogP) is 4.54. The lowest BCUT2D eigenvalue weighted by Crippen LogP contribution is -2.26. The van der Waals surface area contributed by atoms with Gasteiger partial charge in [-0.2, -0.15) is 0 Å². The van der Waals surface area contributed by atoms with E-state index in [1.165, 1.54) is 17.2 Å². The van der Waals surface area contributed by atoms with Crippen LogP contribution in [-0.4, -0.2) is 6.54 Å². The lowest BCUT2D eigenvalue weighted by molar-refractivity contribution is 0.389. The zero-order valence-corrected chi connectivity index (χ0v) is 12.8. The van der Waals surface area contributed by atoms with Crippen molar-refractivity contribution >= 4 is 11.6 Å². The molecule has 3 rings (SSSR count). The molecule has 2 unspecified atom stereocenters. The second-order valence-electron chi connectivity index (χ2n) is 5.64. The van der Waals surface area contributed by atoms with E-state index in [-0.39, 0.29) is 5.82 Å². The Morgan fingerprint density at radius 1 is 1.24 bits per heavy atom. The summed E-state index contributed by atoms with van der Waals surface area (Å²) in [7, 11) is 0. The lowest BCUT2D eigenvalue weighted by Gasteiger charge is -2.21. The molecule has 1 aliphatic rings. The molecule has 1 nitrogen and oxygen atoms in total. The second-order valence-corrected chi connectivity index (χ2v) is 6.07. The highest BCUT2D eigenvalue weighted by molar-refractivity contribution is 6.30. The molecular formula is C18H19ClFN. The Morgan fingerprint density at radius 2 is 2.05 bits per heavy atom. The molecule has 2 atom stereocenters. The van der Waals surface area contributed by atoms with E-state index in [9.17, 15) is 4.39 Å². The van der Waals surface area contributed by atoms with Crippen LogP contribution in [0.2, 0.25) is 5.02 Å². The van der Waals surface area contributed by atoms with E-state index >= 15 is 0 Å². The molecule has 0 radical (unpaired) electrons. The first kappa shape index (κ1) is 14.6. The molecule has 1 aliphatic carbocycles. The first-order valence-corrected chi connectivity index (χ1v) is 7.82. The molecule has 0 aromatic heterocycles. The summed E-state index contributed by atoms with van der Waals surface area (Å²) >= 11 is 5.83. The van der Waals surface area contributed by atoms with Gasteiger partial charge < -0.3 is 5.32 Å². The fourth-order valence-corrected chi connectivity index (χ4v) is 3.49. The first-order valence-electron chi connectivity index (χ1n) is 7.44. The van der Waals surface area contributed by atoms with E-state index in [2.05, 4.69) is 36.5 Å². The fourth-order valence-electron chi connectivity index (χ4n) is 3.33. The standard InChI is InChI=1S/C18H19ClFN/c1-2-21-18-14(9-12-5-3-4-6-16(12)18)10-13-7-8-15(19)11-17(13)20/h3-8,11,14,18,21H,2,9-10H2,1H3. The van der Waals surface area contributed by atoms with Gasteiger partial charge in [0.05, 0.1) is 0 Å². The minimum Gasteiger partial charge on any atom is -0.310 e. The Morgan fingerprint density at radius 3 is 2.81 bits per heavy atom. The first-order chi connectivity index (χ1) is 10.2. The highest BCUT2D eigenvalue weighted by Crippen LogP contribution is 2.38. The second kappa shape index (κ2) is 6.17. The van der Waals surface area contributed by atoms with Gasteiger partial charge in [0.15, 0.2) is 0 Å². The van der Waals surface area contributed by atoms with Crippen molar-refractivity contribution in [2.45, 2.75) is 25.8 Å². The maximum absolute atomic E-state index is 14.0. The highest BCUT2D eigenvalue weighted by atomic mass is 35.5. The monoisotopic (exact) mass is 303 g/mol. The molecule has 21 heavy (non-hydrogen) atoms. The van der Waals surface area contributed by atoms with Crippen LogP contribution in [0.3, 0.4) is 0 Å². The number of nitrogens with one attached hydrogen (secondary N) is 1. The molecule has 0 saturated heterocycles. The van der Waals surface area contributed by atoms with E-state index in [1.807, 2.05) is 6.07 Å². The van der Waals surface area contributed by atoms with Crippen molar-refractivity contribution in [1.82, 2.24) is 5.32 Å². The van der Waals surface area contributed by atoms with Gasteiger partial charge in [0.1, 0.15) is 5.82 Å². The van der Waals surface area contributed by atoms with Gasteiger partial charge in [-0.1, -0.05) is 48.9 Å². The summed E-state index contributed by atoms with van der Waals surface area (Å²) in [5.41, 5.74) is 3.49. The van der Waals surface area contributed by atoms with Gasteiger partial charge in [0.2, 0.25) is 0 Å². The molecule has 0 saturated carbocycles. The molecule has 0 bridgehead atoms. The van der Waals surface area contributed by atoms with Crippen LogP contribution in [0.1, 0.15) is 29.7 Å². The smallest absolute Gasteiger partial charge is 0.127 e. The zero-order valence-electron chi connectivity index (χ0n) is 12.1. The highest BCUT2D eigenvalue weighted by Gasteiger charge is 2.31. The summed E-state index contributed by atoms with van der Waals surface area (Å²) < 4.78 is 14.0. The van der Waals surface area contributed by atoms with Gasteiger partial charge in [-0.15, -0.1) is 0 Å². The molecule has 3 heteroatoms. The Hall–Kier alpha value is -1.38. The van der Waals surface area contributed by atoms with Gasteiger partial charge in [-0.05, 0) is 54.1 Å². The summed E-state index contributed by atoms with van der Waals surface area (Å²) in [5.74, 6) is 0.187. The van der Waals surface area contributed by atoms with E-state index in [4.69, 9.17) is 11.6 Å². The van der Waals surface area contributed by atoms with Crippen LogP contribution in [0.25, 0.3) is 0 Å². The summed E-state index contributed by atoms with van der Waals surface area (Å²) in [6.45, 7) is 3.03. The third-order valence-corrected chi connectivity index (χ3v) is 4.50. The molecule has 1 N–H and O–H groups in total. The fraction of sp³-hybridized carbons (Fsp3) is 0.333. The zero-order chi connectivity index (χ0) is 14.8. The molecule has 2 aromatic carbocycles. The largest absolute Gasteiger partial charge is 0.310 e. The maximum atomic E-state index is 14.0. The van der Waals surface area contributed by atoms with E-state index < -0.39 is 0 Å². The minimum absolute atomic E-state index is 0.200. The van der Waals surface area contributed by atoms with Crippen LogP contribution in [0.15, 0.2) is 42.5 Å². The van der Waals surface area contributed by atoms with Crippen LogP contribution in [0, 0.1) is 11.7 Å². The SMILES string of the molecule is CCNC1c2ccccc2CC1Cc1ccc(Cl)cc1F. The van der Waals surface area contributed by atoms with Crippen molar-refractivity contribution < 1.29 is 4.39 Å². The summed E-state index contributed by atoms with van der Waals surface area (Å²) in [5, 5.41) is 4.01. The number of halogens is 2. The van der Waals surface area contributed by atoms with Crippen molar-refractivity contribution in [1.29, 1.82) is 0 Å². The number of fused-ring (bicyclic) bond motifs is 1. The predicted molar refractivity (Wildman–Crippen MR) is 85.2 cm³/mol. The average Bonchev–Trinajstić information content (AvgIpc) is 2.81. The number of hydrogen-bond donors (Lipinski definition) is 1.